The van der Waals surface area contributed by atoms with Crippen molar-refractivity contribution in [3.63, 3.8) is 0 Å². The van der Waals surface area contributed by atoms with Crippen LogP contribution in [0.25, 0.3) is 15.3 Å². The summed E-state index contributed by atoms with van der Waals surface area (Å²) in [5, 5.41) is 8.62. The highest BCUT2D eigenvalue weighted by molar-refractivity contribution is 7.20. The van der Waals surface area contributed by atoms with Gasteiger partial charge in [0.15, 0.2) is 0 Å². The molecule has 1 aliphatic rings. The summed E-state index contributed by atoms with van der Waals surface area (Å²) >= 11 is 1.59. The Kier molecular flexibility index (Phi) is 4.47. The van der Waals surface area contributed by atoms with Gasteiger partial charge in [-0.1, -0.05) is 55.5 Å². The number of aryl methyl sites for hydroxylation is 2. The molecule has 2 aromatic heterocycles. The largest absolute Gasteiger partial charge is 0.310 e. The molecule has 0 unspecified atom stereocenters. The van der Waals surface area contributed by atoms with Crippen LogP contribution >= 0.6 is 11.3 Å². The molecule has 1 amide bonds. The van der Waals surface area contributed by atoms with Crippen molar-refractivity contribution in [3.05, 3.63) is 70.4 Å². The van der Waals surface area contributed by atoms with Gasteiger partial charge in [-0.25, -0.2) is 4.98 Å². The monoisotopic (exact) mass is 416 g/mol. The molecule has 4 aromatic rings. The number of thiazole rings is 1. The average molecular weight is 417 g/mol. The fraction of sp³-hybridized carbons (Fsp3) is 0.292. The molecule has 30 heavy (non-hydrogen) atoms. The normalized spacial score (nSPS) is 16.2. The van der Waals surface area contributed by atoms with E-state index in [0.717, 1.165) is 38.0 Å². The van der Waals surface area contributed by atoms with Crippen LogP contribution in [0, 0.1) is 13.8 Å². The molecular weight excluding hydrogens is 392 g/mol. The van der Waals surface area contributed by atoms with Crippen molar-refractivity contribution in [2.24, 2.45) is 0 Å². The van der Waals surface area contributed by atoms with Crippen molar-refractivity contribution >= 4 is 33.3 Å². The minimum atomic E-state index is 0.000310. The lowest BCUT2D eigenvalue weighted by Crippen LogP contribution is -2.24. The maximum absolute atomic E-state index is 12.6. The standard InChI is InChI=1S/C24H24N4OS/c1-13(2)16-6-8-17(9-7-16)18-12-21(29)26-23-22(18)15(4)27-28(23)24-25-19-10-5-14(3)11-20(19)30-24/h5-11,13,18H,12H2,1-4H3,(H,26,29)/t18-/m0/s1. The number of anilines is 1. The highest BCUT2D eigenvalue weighted by Gasteiger charge is 2.33. The Morgan fingerprint density at radius 2 is 1.90 bits per heavy atom. The summed E-state index contributed by atoms with van der Waals surface area (Å²) in [5.74, 6) is 1.24. The van der Waals surface area contributed by atoms with E-state index in [1.807, 2.05) is 13.0 Å². The number of fused-ring (bicyclic) bond motifs is 2. The Bertz CT molecular complexity index is 1270. The number of nitrogens with one attached hydrogen (secondary N) is 1. The van der Waals surface area contributed by atoms with Gasteiger partial charge in [0.05, 0.1) is 15.9 Å². The van der Waals surface area contributed by atoms with Crippen molar-refractivity contribution in [2.45, 2.75) is 46.0 Å². The molecule has 6 heteroatoms. The number of hydrogen-bond donors (Lipinski definition) is 1. The maximum Gasteiger partial charge on any atom is 0.226 e. The second kappa shape index (κ2) is 7.06. The molecule has 3 heterocycles. The Balaban J connectivity index is 1.62. The fourth-order valence-electron chi connectivity index (χ4n) is 4.19. The van der Waals surface area contributed by atoms with Crippen LogP contribution in [0.3, 0.4) is 0 Å². The second-order valence-electron chi connectivity index (χ2n) is 8.35. The first-order valence-electron chi connectivity index (χ1n) is 10.3. The zero-order valence-electron chi connectivity index (χ0n) is 17.6. The van der Waals surface area contributed by atoms with Crippen LogP contribution in [0.4, 0.5) is 5.82 Å². The molecule has 0 aliphatic carbocycles. The van der Waals surface area contributed by atoms with Gasteiger partial charge in [0, 0.05) is 17.9 Å². The summed E-state index contributed by atoms with van der Waals surface area (Å²) in [7, 11) is 0. The van der Waals surface area contributed by atoms with Crippen molar-refractivity contribution < 1.29 is 4.79 Å². The first kappa shape index (κ1) is 19.0. The number of hydrogen-bond acceptors (Lipinski definition) is 4. The molecule has 0 bridgehead atoms. The molecular formula is C24H24N4OS. The van der Waals surface area contributed by atoms with Gasteiger partial charge in [0.1, 0.15) is 5.82 Å². The van der Waals surface area contributed by atoms with E-state index in [1.165, 1.54) is 11.1 Å². The van der Waals surface area contributed by atoms with Crippen LogP contribution in [0.15, 0.2) is 42.5 Å². The minimum Gasteiger partial charge on any atom is -0.310 e. The number of nitrogens with zero attached hydrogens (tertiary/aromatic N) is 3. The average Bonchev–Trinajstić information content (AvgIpc) is 3.28. The molecule has 2 aromatic carbocycles. The molecule has 1 aliphatic heterocycles. The highest BCUT2D eigenvalue weighted by atomic mass is 32.1. The van der Waals surface area contributed by atoms with Gasteiger partial charge in [0.2, 0.25) is 11.0 Å². The van der Waals surface area contributed by atoms with E-state index in [0.29, 0.717) is 12.3 Å². The molecule has 0 radical (unpaired) electrons. The highest BCUT2D eigenvalue weighted by Crippen LogP contribution is 2.41. The number of benzene rings is 2. The molecule has 0 saturated heterocycles. The Morgan fingerprint density at radius 3 is 2.63 bits per heavy atom. The molecule has 0 fully saturated rings. The van der Waals surface area contributed by atoms with Gasteiger partial charge in [-0.3, -0.25) is 4.79 Å². The van der Waals surface area contributed by atoms with Crippen LogP contribution in [-0.4, -0.2) is 20.7 Å². The van der Waals surface area contributed by atoms with Crippen LogP contribution in [0.1, 0.15) is 60.1 Å². The lowest BCUT2D eigenvalue weighted by atomic mass is 9.85. The molecule has 0 spiro atoms. The summed E-state index contributed by atoms with van der Waals surface area (Å²) < 4.78 is 2.92. The summed E-state index contributed by atoms with van der Waals surface area (Å²) in [6.45, 7) is 8.47. The predicted octanol–water partition coefficient (Wildman–Crippen LogP) is 5.70. The van der Waals surface area contributed by atoms with Gasteiger partial charge in [0.25, 0.3) is 0 Å². The van der Waals surface area contributed by atoms with Crippen LogP contribution < -0.4 is 5.32 Å². The Morgan fingerprint density at radius 1 is 1.13 bits per heavy atom. The smallest absolute Gasteiger partial charge is 0.226 e. The van der Waals surface area contributed by atoms with Crippen LogP contribution in [0.5, 0.6) is 0 Å². The number of rotatable bonds is 3. The van der Waals surface area contributed by atoms with Gasteiger partial charge in [-0.15, -0.1) is 0 Å². The number of carbonyl (C=O) groups excluding carboxylic acids is 1. The second-order valence-corrected chi connectivity index (χ2v) is 9.36. The first-order chi connectivity index (χ1) is 14.4. The maximum atomic E-state index is 12.6. The number of aromatic nitrogens is 3. The third-order valence-corrected chi connectivity index (χ3v) is 6.82. The number of carbonyl (C=O) groups is 1. The molecule has 0 saturated carbocycles. The van der Waals surface area contributed by atoms with Crippen molar-refractivity contribution in [3.8, 4) is 5.13 Å². The Hall–Kier alpha value is -2.99. The lowest BCUT2D eigenvalue weighted by molar-refractivity contribution is -0.116. The van der Waals surface area contributed by atoms with Crippen molar-refractivity contribution in [2.75, 3.05) is 5.32 Å². The van der Waals surface area contributed by atoms with E-state index in [9.17, 15) is 4.79 Å². The van der Waals surface area contributed by atoms with Crippen molar-refractivity contribution in [1.29, 1.82) is 0 Å². The molecule has 1 atom stereocenters. The molecule has 152 valence electrons. The SMILES string of the molecule is Cc1ccc2nc(-n3nc(C)c4c3NC(=O)C[C@H]4c3ccc(C(C)C)cc3)sc2c1. The van der Waals surface area contributed by atoms with E-state index in [1.54, 1.807) is 16.0 Å². The summed E-state index contributed by atoms with van der Waals surface area (Å²) in [6, 6.07) is 14.9. The van der Waals surface area contributed by atoms with Crippen LogP contribution in [0.2, 0.25) is 0 Å². The predicted molar refractivity (Wildman–Crippen MR) is 122 cm³/mol. The molecule has 5 nitrogen and oxygen atoms in total. The van der Waals surface area contributed by atoms with Gasteiger partial charge < -0.3 is 5.32 Å². The zero-order valence-corrected chi connectivity index (χ0v) is 18.4. The number of amides is 1. The van der Waals surface area contributed by atoms with E-state index >= 15 is 0 Å². The third-order valence-electron chi connectivity index (χ3n) is 5.82. The first-order valence-corrected chi connectivity index (χ1v) is 11.1. The summed E-state index contributed by atoms with van der Waals surface area (Å²) in [5.41, 5.74) is 6.62. The minimum absolute atomic E-state index is 0.000310. The van der Waals surface area contributed by atoms with E-state index in [4.69, 9.17) is 10.1 Å². The summed E-state index contributed by atoms with van der Waals surface area (Å²) in [6.07, 6.45) is 0.430. The van der Waals surface area contributed by atoms with Gasteiger partial charge in [-0.2, -0.15) is 9.78 Å². The van der Waals surface area contributed by atoms with Crippen LogP contribution in [-0.2, 0) is 4.79 Å². The lowest BCUT2D eigenvalue weighted by Gasteiger charge is -2.24. The van der Waals surface area contributed by atoms with Crippen molar-refractivity contribution in [1.82, 2.24) is 14.8 Å². The van der Waals surface area contributed by atoms with E-state index in [-0.39, 0.29) is 11.8 Å². The quantitative estimate of drug-likeness (QED) is 0.466. The van der Waals surface area contributed by atoms with Gasteiger partial charge >= 0.3 is 0 Å². The topological polar surface area (TPSA) is 59.8 Å². The third kappa shape index (κ3) is 3.12. The zero-order chi connectivity index (χ0) is 21.0. The van der Waals surface area contributed by atoms with Gasteiger partial charge in [-0.05, 0) is 48.6 Å². The van der Waals surface area contributed by atoms with E-state index < -0.39 is 0 Å². The summed E-state index contributed by atoms with van der Waals surface area (Å²) in [4.78, 5) is 17.4. The molecule has 1 N–H and O–H groups in total. The fourth-order valence-corrected chi connectivity index (χ4v) is 5.22. The Labute approximate surface area is 179 Å². The molecule has 5 rings (SSSR count). The van der Waals surface area contributed by atoms with E-state index in [2.05, 4.69) is 62.5 Å².